The second-order valence-electron chi connectivity index (χ2n) is 5.27. The van der Waals surface area contributed by atoms with E-state index in [2.05, 4.69) is 11.8 Å². The smallest absolute Gasteiger partial charge is 0.144 e. The molecule has 0 atom stereocenters. The number of likely N-dealkylation sites (tertiary alicyclic amines) is 1. The average molecular weight is 267 g/mol. The van der Waals surface area contributed by atoms with Gasteiger partial charge in [0.15, 0.2) is 0 Å². The van der Waals surface area contributed by atoms with Crippen molar-refractivity contribution < 1.29 is 8.42 Å². The molecule has 1 aromatic carbocycles. The summed E-state index contributed by atoms with van der Waals surface area (Å²) >= 11 is 0. The Balaban J connectivity index is 1.90. The van der Waals surface area contributed by atoms with Crippen LogP contribution in [0.15, 0.2) is 24.3 Å². The SMILES string of the molecule is CC1CCN(Cc2ccc(C[SH](=O)=O)cc2)CC1. The van der Waals surface area contributed by atoms with E-state index in [9.17, 15) is 8.42 Å². The summed E-state index contributed by atoms with van der Waals surface area (Å²) in [7, 11) is -2.32. The van der Waals surface area contributed by atoms with Crippen molar-refractivity contribution in [1.82, 2.24) is 4.90 Å². The Kier molecular flexibility index (Phi) is 4.78. The Bertz CT molecular complexity index is 437. The number of thiol groups is 1. The second kappa shape index (κ2) is 6.34. The minimum atomic E-state index is -2.32. The van der Waals surface area contributed by atoms with Gasteiger partial charge in [-0.05, 0) is 43.0 Å². The quantitative estimate of drug-likeness (QED) is 0.848. The lowest BCUT2D eigenvalue weighted by Gasteiger charge is -2.30. The van der Waals surface area contributed by atoms with E-state index in [1.54, 1.807) is 0 Å². The van der Waals surface area contributed by atoms with Gasteiger partial charge in [0.05, 0.1) is 5.75 Å². The van der Waals surface area contributed by atoms with Crippen LogP contribution in [0.25, 0.3) is 0 Å². The zero-order chi connectivity index (χ0) is 13.0. The lowest BCUT2D eigenvalue weighted by molar-refractivity contribution is 0.185. The number of rotatable bonds is 4. The van der Waals surface area contributed by atoms with Crippen LogP contribution in [0.5, 0.6) is 0 Å². The van der Waals surface area contributed by atoms with E-state index in [-0.39, 0.29) is 5.75 Å². The van der Waals surface area contributed by atoms with Crippen LogP contribution < -0.4 is 0 Å². The summed E-state index contributed by atoms with van der Waals surface area (Å²) in [6.45, 7) is 5.65. The summed E-state index contributed by atoms with van der Waals surface area (Å²) in [4.78, 5) is 2.48. The van der Waals surface area contributed by atoms with Crippen LogP contribution in [0.4, 0.5) is 0 Å². The van der Waals surface area contributed by atoms with Crippen molar-refractivity contribution >= 4 is 10.7 Å². The highest BCUT2D eigenvalue weighted by Crippen LogP contribution is 2.18. The van der Waals surface area contributed by atoms with Crippen molar-refractivity contribution in [1.29, 1.82) is 0 Å². The molecule has 0 aliphatic carbocycles. The van der Waals surface area contributed by atoms with E-state index in [1.807, 2.05) is 24.3 Å². The minimum absolute atomic E-state index is 0.150. The zero-order valence-electron chi connectivity index (χ0n) is 10.8. The summed E-state index contributed by atoms with van der Waals surface area (Å²) in [5.74, 6) is 1.01. The van der Waals surface area contributed by atoms with Gasteiger partial charge in [0.2, 0.25) is 0 Å². The van der Waals surface area contributed by atoms with Crippen molar-refractivity contribution in [2.75, 3.05) is 13.1 Å². The number of hydrogen-bond donors (Lipinski definition) is 1. The molecule has 1 aliphatic rings. The summed E-state index contributed by atoms with van der Waals surface area (Å²) in [6.07, 6.45) is 2.57. The third-order valence-electron chi connectivity index (χ3n) is 3.62. The number of nitrogens with zero attached hydrogens (tertiary/aromatic N) is 1. The highest BCUT2D eigenvalue weighted by molar-refractivity contribution is 7.71. The molecule has 2 rings (SSSR count). The number of piperidine rings is 1. The molecule has 0 aromatic heterocycles. The Morgan fingerprint density at radius 1 is 1.11 bits per heavy atom. The van der Waals surface area contributed by atoms with Crippen LogP contribution in [0, 0.1) is 5.92 Å². The third-order valence-corrected chi connectivity index (χ3v) is 4.24. The zero-order valence-corrected chi connectivity index (χ0v) is 11.7. The van der Waals surface area contributed by atoms with Crippen molar-refractivity contribution in [3.05, 3.63) is 35.4 Å². The van der Waals surface area contributed by atoms with E-state index < -0.39 is 10.7 Å². The molecule has 1 aliphatic heterocycles. The molecular formula is C14H21NO2S. The molecule has 0 saturated carbocycles. The molecule has 1 aromatic rings. The second-order valence-corrected chi connectivity index (χ2v) is 6.25. The molecule has 100 valence electrons. The standard InChI is InChI=1S/C14H21NO2S/c1-12-6-8-15(9-7-12)10-13-2-4-14(5-3-13)11-18(16)17/h2-5,12,18H,6-11H2,1H3. The first-order valence-electron chi connectivity index (χ1n) is 6.55. The van der Waals surface area contributed by atoms with Gasteiger partial charge in [-0.15, -0.1) is 0 Å². The lowest BCUT2D eigenvalue weighted by atomic mass is 9.99. The van der Waals surface area contributed by atoms with Crippen molar-refractivity contribution in [3.63, 3.8) is 0 Å². The monoisotopic (exact) mass is 267 g/mol. The fraction of sp³-hybridized carbons (Fsp3) is 0.571. The molecule has 0 unspecified atom stereocenters. The van der Waals surface area contributed by atoms with Gasteiger partial charge in [0.25, 0.3) is 0 Å². The van der Waals surface area contributed by atoms with Crippen LogP contribution in [0.3, 0.4) is 0 Å². The van der Waals surface area contributed by atoms with Gasteiger partial charge in [0, 0.05) is 6.54 Å². The first-order valence-corrected chi connectivity index (χ1v) is 7.92. The maximum absolute atomic E-state index is 10.6. The van der Waals surface area contributed by atoms with Gasteiger partial charge in [-0.25, -0.2) is 8.42 Å². The molecule has 0 radical (unpaired) electrons. The molecule has 1 fully saturated rings. The number of benzene rings is 1. The Labute approximate surface area is 111 Å². The van der Waals surface area contributed by atoms with Crippen molar-refractivity contribution in [3.8, 4) is 0 Å². The molecule has 1 saturated heterocycles. The van der Waals surface area contributed by atoms with Gasteiger partial charge in [0.1, 0.15) is 10.7 Å². The normalized spacial score (nSPS) is 18.3. The third kappa shape index (κ3) is 4.10. The average Bonchev–Trinajstić information content (AvgIpc) is 2.34. The van der Waals surface area contributed by atoms with Gasteiger partial charge in [-0.3, -0.25) is 4.90 Å². The fourth-order valence-electron chi connectivity index (χ4n) is 2.38. The molecule has 4 heteroatoms. The van der Waals surface area contributed by atoms with Crippen molar-refractivity contribution in [2.45, 2.75) is 32.1 Å². The maximum Gasteiger partial charge on any atom is 0.144 e. The predicted octanol–water partition coefficient (Wildman–Crippen LogP) is 2.03. The molecule has 18 heavy (non-hydrogen) atoms. The minimum Gasteiger partial charge on any atom is -0.299 e. The van der Waals surface area contributed by atoms with Gasteiger partial charge in [-0.1, -0.05) is 31.2 Å². The molecule has 0 spiro atoms. The van der Waals surface area contributed by atoms with Crippen LogP contribution in [-0.2, 0) is 23.0 Å². The Hall–Kier alpha value is -0.870. The van der Waals surface area contributed by atoms with Gasteiger partial charge >= 0.3 is 0 Å². The Morgan fingerprint density at radius 3 is 2.22 bits per heavy atom. The lowest BCUT2D eigenvalue weighted by Crippen LogP contribution is -2.32. The number of hydrogen-bond acceptors (Lipinski definition) is 3. The van der Waals surface area contributed by atoms with Crippen molar-refractivity contribution in [2.24, 2.45) is 5.92 Å². The molecule has 3 nitrogen and oxygen atoms in total. The van der Waals surface area contributed by atoms with E-state index in [0.717, 1.165) is 18.0 Å². The largest absolute Gasteiger partial charge is 0.299 e. The van der Waals surface area contributed by atoms with E-state index >= 15 is 0 Å². The highest BCUT2D eigenvalue weighted by atomic mass is 32.2. The van der Waals surface area contributed by atoms with E-state index in [4.69, 9.17) is 0 Å². The highest BCUT2D eigenvalue weighted by Gasteiger charge is 2.15. The fourth-order valence-corrected chi connectivity index (χ4v) is 2.89. The van der Waals surface area contributed by atoms with Crippen LogP contribution >= 0.6 is 0 Å². The van der Waals surface area contributed by atoms with Gasteiger partial charge < -0.3 is 0 Å². The molecular weight excluding hydrogens is 246 g/mol. The summed E-state index contributed by atoms with van der Waals surface area (Å²) in [6, 6.07) is 7.94. The van der Waals surface area contributed by atoms with Crippen LogP contribution in [0.2, 0.25) is 0 Å². The Morgan fingerprint density at radius 2 is 1.67 bits per heavy atom. The molecule has 1 heterocycles. The predicted molar refractivity (Wildman–Crippen MR) is 74.1 cm³/mol. The van der Waals surface area contributed by atoms with Crippen LogP contribution in [0.1, 0.15) is 30.9 Å². The van der Waals surface area contributed by atoms with Gasteiger partial charge in [-0.2, -0.15) is 0 Å². The van der Waals surface area contributed by atoms with E-state index in [0.29, 0.717) is 0 Å². The first-order chi connectivity index (χ1) is 8.63. The first kappa shape index (κ1) is 13.6. The van der Waals surface area contributed by atoms with E-state index in [1.165, 1.54) is 31.5 Å². The topological polar surface area (TPSA) is 37.4 Å². The van der Waals surface area contributed by atoms with Crippen LogP contribution in [-0.4, -0.2) is 26.4 Å². The maximum atomic E-state index is 10.6. The molecule has 0 amide bonds. The summed E-state index contributed by atoms with van der Waals surface area (Å²) < 4.78 is 21.3. The summed E-state index contributed by atoms with van der Waals surface area (Å²) in [5.41, 5.74) is 2.15. The summed E-state index contributed by atoms with van der Waals surface area (Å²) in [5, 5.41) is 0. The molecule has 0 bridgehead atoms. The molecule has 0 N–H and O–H groups in total.